The van der Waals surface area contributed by atoms with Crippen LogP contribution in [-0.4, -0.2) is 4.57 Å². The van der Waals surface area contributed by atoms with Crippen molar-refractivity contribution in [1.82, 2.24) is 4.57 Å². The Bertz CT molecular complexity index is 3150. The maximum atomic E-state index is 2.57. The molecule has 1 aromatic heterocycles. The number of para-hydroxylation sites is 1. The van der Waals surface area contributed by atoms with Gasteiger partial charge in [0.2, 0.25) is 0 Å². The second-order valence-electron chi connectivity index (χ2n) is 18.1. The van der Waals surface area contributed by atoms with E-state index in [4.69, 9.17) is 0 Å². The van der Waals surface area contributed by atoms with E-state index in [1.165, 1.54) is 111 Å². The van der Waals surface area contributed by atoms with Crippen molar-refractivity contribution in [3.8, 4) is 50.2 Å². The molecule has 1 heterocycles. The van der Waals surface area contributed by atoms with Crippen LogP contribution < -0.4 is 0 Å². The van der Waals surface area contributed by atoms with Crippen molar-refractivity contribution in [2.75, 3.05) is 0 Å². The molecule has 3 aliphatic rings. The zero-order chi connectivity index (χ0) is 38.9. The number of rotatable bonds is 4. The molecule has 0 bridgehead atoms. The van der Waals surface area contributed by atoms with Crippen molar-refractivity contribution >= 4 is 21.8 Å². The fourth-order valence-electron chi connectivity index (χ4n) is 11.2. The largest absolute Gasteiger partial charge is 0.309 e. The summed E-state index contributed by atoms with van der Waals surface area (Å²) in [6.07, 6.45) is 2.08. The number of benzene rings is 8. The Morgan fingerprint density at radius 3 is 1.72 bits per heavy atom. The van der Waals surface area contributed by atoms with Crippen molar-refractivity contribution in [2.24, 2.45) is 0 Å². The number of aromatic nitrogens is 1. The van der Waals surface area contributed by atoms with Gasteiger partial charge in [0.1, 0.15) is 0 Å². The highest BCUT2D eigenvalue weighted by Gasteiger charge is 2.38. The molecule has 0 fully saturated rings. The van der Waals surface area contributed by atoms with E-state index in [1.54, 1.807) is 0 Å². The Morgan fingerprint density at radius 2 is 1.02 bits per heavy atom. The van der Waals surface area contributed by atoms with Gasteiger partial charge in [-0.05, 0) is 139 Å². The average Bonchev–Trinajstić information content (AvgIpc) is 3.79. The van der Waals surface area contributed by atoms with Crippen LogP contribution in [0.25, 0.3) is 72.0 Å². The molecule has 0 aliphatic heterocycles. The molecule has 1 atom stereocenters. The maximum Gasteiger partial charge on any atom is 0.0544 e. The van der Waals surface area contributed by atoms with Gasteiger partial charge in [-0.15, -0.1) is 0 Å². The van der Waals surface area contributed by atoms with Crippen molar-refractivity contribution in [3.05, 3.63) is 209 Å². The third kappa shape index (κ3) is 4.71. The Kier molecular flexibility index (Phi) is 6.99. The molecule has 58 heavy (non-hydrogen) atoms. The predicted octanol–water partition coefficient (Wildman–Crippen LogP) is 14.6. The van der Waals surface area contributed by atoms with Gasteiger partial charge in [-0.1, -0.05) is 161 Å². The standard InChI is InChI=1S/C57H45N/c1-56(2)50-18-10-7-15-42(50)47-31-46-41-14-6-5-13-38(41)30-39(45(46)33-52(47)56)29-35-21-23-36(24-22-35)37-25-27-40(28-26-37)58-54-20-12-9-17-44(54)49-32-48-43-16-8-11-19-51(43)57(3,4)53(48)34-55(49)58/h5-28,31-34,39H,29-30H2,1-4H3. The van der Waals surface area contributed by atoms with Gasteiger partial charge >= 0.3 is 0 Å². The number of fused-ring (bicyclic) bond motifs is 12. The van der Waals surface area contributed by atoms with Gasteiger partial charge in [-0.25, -0.2) is 0 Å². The Balaban J connectivity index is 0.872. The number of hydrogen-bond acceptors (Lipinski definition) is 0. The molecule has 278 valence electrons. The lowest BCUT2D eigenvalue weighted by atomic mass is 9.73. The highest BCUT2D eigenvalue weighted by molar-refractivity contribution is 6.11. The summed E-state index contributed by atoms with van der Waals surface area (Å²) in [7, 11) is 0. The van der Waals surface area contributed by atoms with Crippen molar-refractivity contribution in [2.45, 2.75) is 57.3 Å². The summed E-state index contributed by atoms with van der Waals surface area (Å²) in [6.45, 7) is 9.54. The second-order valence-corrected chi connectivity index (χ2v) is 18.1. The van der Waals surface area contributed by atoms with Crippen LogP contribution >= 0.6 is 0 Å². The Labute approximate surface area is 341 Å². The van der Waals surface area contributed by atoms with Crippen molar-refractivity contribution < 1.29 is 0 Å². The van der Waals surface area contributed by atoms with E-state index >= 15 is 0 Å². The normalized spacial score (nSPS) is 16.4. The van der Waals surface area contributed by atoms with Gasteiger partial charge in [0.05, 0.1) is 11.0 Å². The van der Waals surface area contributed by atoms with Crippen LogP contribution in [0.15, 0.2) is 170 Å². The van der Waals surface area contributed by atoms with Crippen LogP contribution in [0.3, 0.4) is 0 Å². The molecule has 12 rings (SSSR count). The van der Waals surface area contributed by atoms with Gasteiger partial charge in [-0.3, -0.25) is 0 Å². The first kappa shape index (κ1) is 33.7. The van der Waals surface area contributed by atoms with E-state index in [9.17, 15) is 0 Å². The second kappa shape index (κ2) is 12.0. The third-order valence-corrected chi connectivity index (χ3v) is 14.2. The lowest BCUT2D eigenvalue weighted by molar-refractivity contribution is 0.645. The van der Waals surface area contributed by atoms with Crippen molar-refractivity contribution in [1.29, 1.82) is 0 Å². The van der Waals surface area contributed by atoms with Crippen LogP contribution in [0.4, 0.5) is 0 Å². The van der Waals surface area contributed by atoms with Crippen LogP contribution in [-0.2, 0) is 23.7 Å². The first-order chi connectivity index (χ1) is 28.3. The molecule has 8 aromatic carbocycles. The maximum absolute atomic E-state index is 2.57. The van der Waals surface area contributed by atoms with Crippen LogP contribution in [0, 0.1) is 0 Å². The molecule has 0 spiro atoms. The van der Waals surface area contributed by atoms with E-state index in [1.807, 2.05) is 0 Å². The van der Waals surface area contributed by atoms with E-state index in [-0.39, 0.29) is 10.8 Å². The molecule has 0 radical (unpaired) electrons. The van der Waals surface area contributed by atoms with E-state index in [0.29, 0.717) is 5.92 Å². The highest BCUT2D eigenvalue weighted by atomic mass is 15.0. The molecule has 0 saturated carbocycles. The van der Waals surface area contributed by atoms with Gasteiger partial charge in [0, 0.05) is 27.3 Å². The summed E-state index contributed by atoms with van der Waals surface area (Å²) >= 11 is 0. The topological polar surface area (TPSA) is 4.93 Å². The van der Waals surface area contributed by atoms with E-state index < -0.39 is 0 Å². The molecule has 1 unspecified atom stereocenters. The third-order valence-electron chi connectivity index (χ3n) is 14.2. The van der Waals surface area contributed by atoms with E-state index in [0.717, 1.165) is 12.8 Å². The average molecular weight is 744 g/mol. The zero-order valence-corrected chi connectivity index (χ0v) is 33.6. The minimum absolute atomic E-state index is 0.00917. The molecule has 0 amide bonds. The molecular weight excluding hydrogens is 699 g/mol. The SMILES string of the molecule is CC1(C)c2ccccc2-c2cc3c(cc21)C(Cc1ccc(-c2ccc(-n4c5ccccc5c5cc6c(cc54)C(C)(C)c4ccccc4-6)cc2)cc1)Cc1ccccc1-3. The summed E-state index contributed by atoms with van der Waals surface area (Å²) < 4.78 is 2.46. The molecule has 1 nitrogen and oxygen atoms in total. The predicted molar refractivity (Wildman–Crippen MR) is 243 cm³/mol. The summed E-state index contributed by atoms with van der Waals surface area (Å²) in [4.78, 5) is 0. The first-order valence-corrected chi connectivity index (χ1v) is 21.0. The zero-order valence-electron chi connectivity index (χ0n) is 33.6. The van der Waals surface area contributed by atoms with Crippen molar-refractivity contribution in [3.63, 3.8) is 0 Å². The summed E-state index contributed by atoms with van der Waals surface area (Å²) in [5.41, 5.74) is 24.5. The lowest BCUT2D eigenvalue weighted by Gasteiger charge is -2.31. The lowest BCUT2D eigenvalue weighted by Crippen LogP contribution is -2.18. The quantitative estimate of drug-likeness (QED) is 0.169. The van der Waals surface area contributed by atoms with Gasteiger partial charge in [0.15, 0.2) is 0 Å². The minimum Gasteiger partial charge on any atom is -0.309 e. The molecule has 0 N–H and O–H groups in total. The van der Waals surface area contributed by atoms with Crippen LogP contribution in [0.5, 0.6) is 0 Å². The monoisotopic (exact) mass is 743 g/mol. The first-order valence-electron chi connectivity index (χ1n) is 21.0. The number of hydrogen-bond donors (Lipinski definition) is 0. The summed E-state index contributed by atoms with van der Waals surface area (Å²) in [5.74, 6) is 0.423. The molecule has 3 aliphatic carbocycles. The molecule has 0 saturated heterocycles. The highest BCUT2D eigenvalue weighted by Crippen LogP contribution is 2.54. The van der Waals surface area contributed by atoms with Gasteiger partial charge in [-0.2, -0.15) is 0 Å². The fourth-order valence-corrected chi connectivity index (χ4v) is 11.2. The molecule has 9 aromatic rings. The summed E-state index contributed by atoms with van der Waals surface area (Å²) in [5, 5.41) is 2.60. The van der Waals surface area contributed by atoms with Crippen LogP contribution in [0.2, 0.25) is 0 Å². The molecular formula is C57H45N. The Hall–Kier alpha value is -6.44. The Morgan fingerprint density at radius 1 is 0.448 bits per heavy atom. The van der Waals surface area contributed by atoms with Gasteiger partial charge in [0.25, 0.3) is 0 Å². The van der Waals surface area contributed by atoms with Crippen LogP contribution in [0.1, 0.15) is 72.6 Å². The summed E-state index contributed by atoms with van der Waals surface area (Å²) in [6, 6.07) is 64.5. The minimum atomic E-state index is -0.0498. The smallest absolute Gasteiger partial charge is 0.0544 e. The fraction of sp³-hybridized carbons (Fsp3) is 0.158. The molecule has 1 heteroatoms. The van der Waals surface area contributed by atoms with E-state index in [2.05, 4.69) is 202 Å². The number of nitrogens with zero attached hydrogens (tertiary/aromatic N) is 1. The van der Waals surface area contributed by atoms with Gasteiger partial charge < -0.3 is 4.57 Å².